The summed E-state index contributed by atoms with van der Waals surface area (Å²) in [5.41, 5.74) is 0.682. The predicted molar refractivity (Wildman–Crippen MR) is 41.0 cm³/mol. The van der Waals surface area contributed by atoms with E-state index in [0.29, 0.717) is 5.65 Å². The Morgan fingerprint density at radius 1 is 1.50 bits per heavy atom. The molecule has 0 radical (unpaired) electrons. The topological polar surface area (TPSA) is 67.4 Å². The van der Waals surface area contributed by atoms with Crippen molar-refractivity contribution in [3.63, 3.8) is 0 Å². The second kappa shape index (κ2) is 2.27. The summed E-state index contributed by atoms with van der Waals surface area (Å²) in [6, 6.07) is 1.87. The zero-order valence-electron chi connectivity index (χ0n) is 6.39. The fraction of sp³-hybridized carbons (Fsp3) is 0.143. The summed E-state index contributed by atoms with van der Waals surface area (Å²) in [4.78, 5) is 7.79. The monoisotopic (exact) mass is 159 g/mol. The molecule has 0 bridgehead atoms. The van der Waals surface area contributed by atoms with Crippen LogP contribution in [0.15, 0.2) is 12.4 Å². The summed E-state index contributed by atoms with van der Waals surface area (Å²) in [6.45, 7) is 0. The van der Waals surface area contributed by atoms with Crippen molar-refractivity contribution in [2.45, 2.75) is 0 Å². The number of rotatable bonds is 0. The number of nitriles is 1. The van der Waals surface area contributed by atoms with Crippen LogP contribution < -0.4 is 0 Å². The molecule has 0 unspecified atom stereocenters. The van der Waals surface area contributed by atoms with Crippen molar-refractivity contribution in [1.82, 2.24) is 19.7 Å². The number of aromatic nitrogens is 4. The van der Waals surface area contributed by atoms with Crippen LogP contribution in [-0.2, 0) is 7.05 Å². The van der Waals surface area contributed by atoms with E-state index in [2.05, 4.69) is 15.1 Å². The lowest BCUT2D eigenvalue weighted by Gasteiger charge is -1.91. The number of aryl methyl sites for hydroxylation is 1. The minimum absolute atomic E-state index is 0.172. The first-order chi connectivity index (χ1) is 5.81. The van der Waals surface area contributed by atoms with E-state index in [1.807, 2.05) is 6.07 Å². The lowest BCUT2D eigenvalue weighted by Crippen LogP contribution is -1.94. The molecule has 0 atom stereocenters. The third-order valence-corrected chi connectivity index (χ3v) is 1.57. The molecule has 2 aromatic rings. The zero-order chi connectivity index (χ0) is 8.55. The van der Waals surface area contributed by atoms with Crippen LogP contribution in [0.4, 0.5) is 0 Å². The molecule has 5 heteroatoms. The molecule has 58 valence electrons. The second-order valence-electron chi connectivity index (χ2n) is 2.35. The Morgan fingerprint density at radius 2 is 2.33 bits per heavy atom. The van der Waals surface area contributed by atoms with Gasteiger partial charge in [-0.1, -0.05) is 0 Å². The Balaban J connectivity index is 2.82. The van der Waals surface area contributed by atoms with Gasteiger partial charge in [0.15, 0.2) is 5.65 Å². The highest BCUT2D eigenvalue weighted by molar-refractivity contribution is 5.73. The van der Waals surface area contributed by atoms with Gasteiger partial charge in [-0.25, -0.2) is 4.98 Å². The van der Waals surface area contributed by atoms with Crippen LogP contribution >= 0.6 is 0 Å². The van der Waals surface area contributed by atoms with Gasteiger partial charge in [-0.3, -0.25) is 4.68 Å². The standard InChI is InChI=1S/C7H5N5/c1-12-7-5(4-10-12)3-9-6(2-8)11-7/h3-4H,1H3. The maximum atomic E-state index is 8.52. The number of fused-ring (bicyclic) bond motifs is 1. The van der Waals surface area contributed by atoms with E-state index in [1.54, 1.807) is 24.1 Å². The summed E-state index contributed by atoms with van der Waals surface area (Å²) in [6.07, 6.45) is 3.25. The number of nitrogens with zero attached hydrogens (tertiary/aromatic N) is 5. The smallest absolute Gasteiger partial charge is 0.234 e. The molecule has 0 fully saturated rings. The molecule has 0 aromatic carbocycles. The van der Waals surface area contributed by atoms with Crippen LogP contribution in [0.1, 0.15) is 5.82 Å². The maximum Gasteiger partial charge on any atom is 0.234 e. The molecular weight excluding hydrogens is 154 g/mol. The molecule has 2 heterocycles. The van der Waals surface area contributed by atoms with Crippen LogP contribution in [0.2, 0.25) is 0 Å². The number of hydrogen-bond donors (Lipinski definition) is 0. The van der Waals surface area contributed by atoms with Crippen molar-refractivity contribution in [2.24, 2.45) is 7.05 Å². The fourth-order valence-corrected chi connectivity index (χ4v) is 0.990. The van der Waals surface area contributed by atoms with Gasteiger partial charge in [-0.05, 0) is 0 Å². The van der Waals surface area contributed by atoms with Crippen molar-refractivity contribution in [3.05, 3.63) is 18.2 Å². The average molecular weight is 159 g/mol. The van der Waals surface area contributed by atoms with Crippen molar-refractivity contribution < 1.29 is 0 Å². The molecule has 0 spiro atoms. The lowest BCUT2D eigenvalue weighted by molar-refractivity contribution is 0.784. The first-order valence-corrected chi connectivity index (χ1v) is 3.36. The minimum Gasteiger partial charge on any atom is -0.250 e. The SMILES string of the molecule is Cn1ncc2cnc(C#N)nc21. The second-order valence-corrected chi connectivity index (χ2v) is 2.35. The molecule has 0 N–H and O–H groups in total. The van der Waals surface area contributed by atoms with Gasteiger partial charge >= 0.3 is 0 Å². The Labute approximate surface area is 68.3 Å². The van der Waals surface area contributed by atoms with Gasteiger partial charge in [-0.15, -0.1) is 0 Å². The first kappa shape index (κ1) is 6.73. The molecule has 0 saturated carbocycles. The van der Waals surface area contributed by atoms with E-state index in [9.17, 15) is 0 Å². The summed E-state index contributed by atoms with van der Waals surface area (Å²) in [7, 11) is 1.77. The summed E-state index contributed by atoms with van der Waals surface area (Å²) in [5.74, 6) is 0.172. The highest BCUT2D eigenvalue weighted by atomic mass is 15.3. The van der Waals surface area contributed by atoms with Gasteiger partial charge in [-0.2, -0.15) is 15.3 Å². The fourth-order valence-electron chi connectivity index (χ4n) is 0.990. The van der Waals surface area contributed by atoms with E-state index in [-0.39, 0.29) is 5.82 Å². The number of hydrogen-bond acceptors (Lipinski definition) is 4. The predicted octanol–water partition coefficient (Wildman–Crippen LogP) is 0.235. The molecular formula is C7H5N5. The van der Waals surface area contributed by atoms with Crippen LogP contribution in [0.25, 0.3) is 11.0 Å². The van der Waals surface area contributed by atoms with Crippen LogP contribution in [-0.4, -0.2) is 19.7 Å². The van der Waals surface area contributed by atoms with Gasteiger partial charge in [0.05, 0.1) is 11.6 Å². The molecule has 0 aliphatic carbocycles. The molecule has 5 nitrogen and oxygen atoms in total. The van der Waals surface area contributed by atoms with Gasteiger partial charge in [0.1, 0.15) is 6.07 Å². The van der Waals surface area contributed by atoms with E-state index in [1.165, 1.54) is 0 Å². The van der Waals surface area contributed by atoms with E-state index < -0.39 is 0 Å². The average Bonchev–Trinajstić information content (AvgIpc) is 2.47. The third-order valence-electron chi connectivity index (χ3n) is 1.57. The van der Waals surface area contributed by atoms with Gasteiger partial charge in [0, 0.05) is 13.2 Å². The van der Waals surface area contributed by atoms with Crippen molar-refractivity contribution in [2.75, 3.05) is 0 Å². The van der Waals surface area contributed by atoms with E-state index >= 15 is 0 Å². The van der Waals surface area contributed by atoms with Gasteiger partial charge in [0.2, 0.25) is 5.82 Å². The Bertz CT molecular complexity index is 464. The molecule has 0 aliphatic heterocycles. The summed E-state index contributed by atoms with van der Waals surface area (Å²) >= 11 is 0. The largest absolute Gasteiger partial charge is 0.250 e. The molecule has 2 aromatic heterocycles. The third kappa shape index (κ3) is 0.820. The molecule has 2 rings (SSSR count). The lowest BCUT2D eigenvalue weighted by atomic mass is 10.4. The Hall–Kier alpha value is -1.96. The molecule has 0 aliphatic rings. The maximum absolute atomic E-state index is 8.52. The molecule has 12 heavy (non-hydrogen) atoms. The van der Waals surface area contributed by atoms with Crippen molar-refractivity contribution in [1.29, 1.82) is 5.26 Å². The van der Waals surface area contributed by atoms with Crippen LogP contribution in [0.3, 0.4) is 0 Å². The summed E-state index contributed by atoms with van der Waals surface area (Å²) in [5, 5.41) is 13.3. The minimum atomic E-state index is 0.172. The van der Waals surface area contributed by atoms with Crippen LogP contribution in [0, 0.1) is 11.3 Å². The van der Waals surface area contributed by atoms with Gasteiger partial charge < -0.3 is 0 Å². The normalized spacial score (nSPS) is 10.0. The van der Waals surface area contributed by atoms with Crippen molar-refractivity contribution >= 4 is 11.0 Å². The van der Waals surface area contributed by atoms with Crippen LogP contribution in [0.5, 0.6) is 0 Å². The highest BCUT2D eigenvalue weighted by Crippen LogP contribution is 2.07. The zero-order valence-corrected chi connectivity index (χ0v) is 6.39. The van der Waals surface area contributed by atoms with E-state index in [4.69, 9.17) is 5.26 Å². The first-order valence-electron chi connectivity index (χ1n) is 3.36. The molecule has 0 saturated heterocycles. The Kier molecular flexibility index (Phi) is 1.27. The van der Waals surface area contributed by atoms with Gasteiger partial charge in [0.25, 0.3) is 0 Å². The molecule has 0 amide bonds. The summed E-state index contributed by atoms with van der Waals surface area (Å²) < 4.78 is 1.61. The van der Waals surface area contributed by atoms with Crippen molar-refractivity contribution in [3.8, 4) is 6.07 Å². The van der Waals surface area contributed by atoms with E-state index in [0.717, 1.165) is 5.39 Å². The highest BCUT2D eigenvalue weighted by Gasteiger charge is 2.02. The Morgan fingerprint density at radius 3 is 3.08 bits per heavy atom. The quantitative estimate of drug-likeness (QED) is 0.552.